The zero-order chi connectivity index (χ0) is 15.6. The first kappa shape index (κ1) is 14.8. The number of nitrogens with one attached hydrogen (secondary N) is 1. The summed E-state index contributed by atoms with van der Waals surface area (Å²) in [4.78, 5) is 12.1. The van der Waals surface area contributed by atoms with Crippen LogP contribution >= 0.6 is 0 Å². The van der Waals surface area contributed by atoms with Gasteiger partial charge in [0.2, 0.25) is 0 Å². The van der Waals surface area contributed by atoms with Gasteiger partial charge in [-0.3, -0.25) is 4.79 Å². The third kappa shape index (κ3) is 3.10. The summed E-state index contributed by atoms with van der Waals surface area (Å²) in [6, 6.07) is 6.40. The molecule has 3 N–H and O–H groups in total. The van der Waals surface area contributed by atoms with Crippen LogP contribution in [0.2, 0.25) is 0 Å². The van der Waals surface area contributed by atoms with Gasteiger partial charge >= 0.3 is 0 Å². The number of halogens is 2. The maximum atomic E-state index is 13.7. The summed E-state index contributed by atoms with van der Waals surface area (Å²) in [6.07, 6.45) is 0. The maximum Gasteiger partial charge on any atom is 0.259 e. The van der Waals surface area contributed by atoms with Gasteiger partial charge in [-0.15, -0.1) is 0 Å². The molecular weight excluding hydrogens is 278 g/mol. The predicted octanol–water partition coefficient (Wildman–Crippen LogP) is 3.12. The molecule has 0 aliphatic heterocycles. The highest BCUT2D eigenvalue weighted by Gasteiger charge is 2.15. The van der Waals surface area contributed by atoms with Crippen LogP contribution < -0.4 is 15.8 Å². The van der Waals surface area contributed by atoms with Gasteiger partial charge < -0.3 is 15.8 Å². The highest BCUT2D eigenvalue weighted by molar-refractivity contribution is 6.06. The number of ether oxygens (including phenoxy) is 1. The van der Waals surface area contributed by atoms with Crippen molar-refractivity contribution in [3.05, 3.63) is 53.1 Å². The van der Waals surface area contributed by atoms with E-state index in [1.54, 1.807) is 0 Å². The van der Waals surface area contributed by atoms with E-state index in [0.717, 1.165) is 12.1 Å². The van der Waals surface area contributed by atoms with Crippen molar-refractivity contribution in [2.45, 2.75) is 6.92 Å². The molecule has 110 valence electrons. The molecule has 0 aromatic heterocycles. The van der Waals surface area contributed by atoms with Crippen molar-refractivity contribution in [3.63, 3.8) is 0 Å². The molecule has 0 aliphatic rings. The minimum absolute atomic E-state index is 0.163. The van der Waals surface area contributed by atoms with Gasteiger partial charge in [-0.1, -0.05) is 0 Å². The molecule has 0 atom stereocenters. The van der Waals surface area contributed by atoms with Gasteiger partial charge in [0.1, 0.15) is 17.4 Å². The van der Waals surface area contributed by atoms with Crippen molar-refractivity contribution >= 4 is 17.3 Å². The SMILES string of the molecule is COc1cc(N)ccc1C(=O)Nc1cc(F)c(C)cc1F. The van der Waals surface area contributed by atoms with Crippen LogP contribution in [0.3, 0.4) is 0 Å². The lowest BCUT2D eigenvalue weighted by molar-refractivity contribution is 0.102. The molecule has 2 aromatic carbocycles. The average Bonchev–Trinajstić information content (AvgIpc) is 2.44. The number of carbonyl (C=O) groups excluding carboxylic acids is 1. The average molecular weight is 292 g/mol. The summed E-state index contributed by atoms with van der Waals surface area (Å²) < 4.78 is 32.2. The number of nitrogens with two attached hydrogens (primary N) is 1. The second-order valence-corrected chi connectivity index (χ2v) is 4.50. The number of methoxy groups -OCH3 is 1. The Morgan fingerprint density at radius 1 is 1.19 bits per heavy atom. The maximum absolute atomic E-state index is 13.7. The molecule has 21 heavy (non-hydrogen) atoms. The van der Waals surface area contributed by atoms with Crippen molar-refractivity contribution < 1.29 is 18.3 Å². The molecule has 0 bridgehead atoms. The van der Waals surface area contributed by atoms with Crippen molar-refractivity contribution in [1.82, 2.24) is 0 Å². The summed E-state index contributed by atoms with van der Waals surface area (Å²) in [5.41, 5.74) is 6.12. The highest BCUT2D eigenvalue weighted by atomic mass is 19.1. The molecule has 2 aromatic rings. The van der Waals surface area contributed by atoms with E-state index in [1.807, 2.05) is 0 Å². The molecule has 6 heteroatoms. The number of hydrogen-bond donors (Lipinski definition) is 2. The topological polar surface area (TPSA) is 64.3 Å². The number of amides is 1. The summed E-state index contributed by atoms with van der Waals surface area (Å²) in [6.45, 7) is 1.44. The lowest BCUT2D eigenvalue weighted by Crippen LogP contribution is -2.14. The molecule has 0 heterocycles. The Morgan fingerprint density at radius 3 is 2.57 bits per heavy atom. The third-order valence-electron chi connectivity index (χ3n) is 2.97. The van der Waals surface area contributed by atoms with Crippen LogP contribution in [0.15, 0.2) is 30.3 Å². The fourth-order valence-corrected chi connectivity index (χ4v) is 1.83. The lowest BCUT2D eigenvalue weighted by Gasteiger charge is -2.11. The van der Waals surface area contributed by atoms with Crippen LogP contribution in [-0.2, 0) is 0 Å². The Balaban J connectivity index is 2.32. The summed E-state index contributed by atoms with van der Waals surface area (Å²) in [5, 5.41) is 2.31. The van der Waals surface area contributed by atoms with E-state index in [-0.39, 0.29) is 22.6 Å². The molecule has 0 aliphatic carbocycles. The first-order chi connectivity index (χ1) is 9.92. The second kappa shape index (κ2) is 5.78. The monoisotopic (exact) mass is 292 g/mol. The number of carbonyl (C=O) groups is 1. The molecule has 0 saturated heterocycles. The van der Waals surface area contributed by atoms with Crippen molar-refractivity contribution in [3.8, 4) is 5.75 Å². The first-order valence-electron chi connectivity index (χ1n) is 6.13. The minimum Gasteiger partial charge on any atom is -0.496 e. The lowest BCUT2D eigenvalue weighted by atomic mass is 10.1. The van der Waals surface area contributed by atoms with Gasteiger partial charge in [0.05, 0.1) is 18.4 Å². The molecule has 0 fully saturated rings. The summed E-state index contributed by atoms with van der Waals surface area (Å²) >= 11 is 0. The minimum atomic E-state index is -0.711. The van der Waals surface area contributed by atoms with E-state index in [0.29, 0.717) is 5.69 Å². The Bertz CT molecular complexity index is 702. The Kier molecular flexibility index (Phi) is 4.07. The molecule has 0 saturated carbocycles. The molecule has 4 nitrogen and oxygen atoms in total. The zero-order valence-corrected chi connectivity index (χ0v) is 11.5. The predicted molar refractivity (Wildman–Crippen MR) is 76.5 cm³/mol. The van der Waals surface area contributed by atoms with E-state index in [4.69, 9.17) is 10.5 Å². The van der Waals surface area contributed by atoms with E-state index in [2.05, 4.69) is 5.32 Å². The van der Waals surface area contributed by atoms with Gasteiger partial charge in [0.25, 0.3) is 5.91 Å². The van der Waals surface area contributed by atoms with Crippen LogP contribution in [0.1, 0.15) is 15.9 Å². The number of benzene rings is 2. The van der Waals surface area contributed by atoms with Crippen molar-refractivity contribution in [2.24, 2.45) is 0 Å². The fourth-order valence-electron chi connectivity index (χ4n) is 1.83. The second-order valence-electron chi connectivity index (χ2n) is 4.50. The molecular formula is C15H14F2N2O2. The largest absolute Gasteiger partial charge is 0.496 e. The van der Waals surface area contributed by atoms with Gasteiger partial charge in [-0.2, -0.15) is 0 Å². The third-order valence-corrected chi connectivity index (χ3v) is 2.97. The highest BCUT2D eigenvalue weighted by Crippen LogP contribution is 2.24. The number of nitrogen functional groups attached to an aromatic ring is 1. The van der Waals surface area contributed by atoms with Crippen LogP contribution in [0.25, 0.3) is 0 Å². The van der Waals surface area contributed by atoms with Crippen LogP contribution in [0.5, 0.6) is 5.75 Å². The number of anilines is 2. The van der Waals surface area contributed by atoms with Gasteiger partial charge in [0, 0.05) is 17.8 Å². The van der Waals surface area contributed by atoms with Gasteiger partial charge in [-0.05, 0) is 30.7 Å². The summed E-state index contributed by atoms with van der Waals surface area (Å²) in [7, 11) is 1.39. The van der Waals surface area contributed by atoms with Crippen LogP contribution in [0.4, 0.5) is 20.2 Å². The fraction of sp³-hybridized carbons (Fsp3) is 0.133. The Morgan fingerprint density at radius 2 is 1.90 bits per heavy atom. The Hall–Kier alpha value is -2.63. The van der Waals surface area contributed by atoms with E-state index in [1.165, 1.54) is 32.2 Å². The first-order valence-corrected chi connectivity index (χ1v) is 6.13. The normalized spacial score (nSPS) is 10.3. The molecule has 1 amide bonds. The zero-order valence-electron chi connectivity index (χ0n) is 11.5. The van der Waals surface area contributed by atoms with Crippen molar-refractivity contribution in [2.75, 3.05) is 18.2 Å². The van der Waals surface area contributed by atoms with Gasteiger partial charge in [0.15, 0.2) is 0 Å². The van der Waals surface area contributed by atoms with Crippen LogP contribution in [-0.4, -0.2) is 13.0 Å². The smallest absolute Gasteiger partial charge is 0.259 e. The van der Waals surface area contributed by atoms with E-state index >= 15 is 0 Å². The molecule has 2 rings (SSSR count). The number of aryl methyl sites for hydroxylation is 1. The molecule has 0 spiro atoms. The van der Waals surface area contributed by atoms with Crippen molar-refractivity contribution in [1.29, 1.82) is 0 Å². The Labute approximate surface area is 120 Å². The number of hydrogen-bond acceptors (Lipinski definition) is 3. The molecule has 0 radical (unpaired) electrons. The van der Waals surface area contributed by atoms with E-state index < -0.39 is 17.5 Å². The molecule has 0 unspecified atom stereocenters. The van der Waals surface area contributed by atoms with E-state index in [9.17, 15) is 13.6 Å². The summed E-state index contributed by atoms with van der Waals surface area (Å²) in [5.74, 6) is -1.68. The van der Waals surface area contributed by atoms with Gasteiger partial charge in [-0.25, -0.2) is 8.78 Å². The quantitative estimate of drug-likeness (QED) is 0.854. The number of rotatable bonds is 3. The van der Waals surface area contributed by atoms with Crippen LogP contribution in [0, 0.1) is 18.6 Å². The standard InChI is InChI=1S/C15H14F2N2O2/c1-8-5-12(17)13(7-11(8)16)19-15(20)10-4-3-9(18)6-14(10)21-2/h3-7H,18H2,1-2H3,(H,19,20).